The summed E-state index contributed by atoms with van der Waals surface area (Å²) in [7, 11) is 3.12. The summed E-state index contributed by atoms with van der Waals surface area (Å²) in [6.45, 7) is 0.506. The fourth-order valence-electron chi connectivity index (χ4n) is 2.66. The van der Waals surface area contributed by atoms with Gasteiger partial charge in [-0.05, 0) is 29.8 Å². The third-order valence-electron chi connectivity index (χ3n) is 4.12. The highest BCUT2D eigenvalue weighted by Crippen LogP contribution is 2.27. The Morgan fingerprint density at radius 1 is 1.11 bits per heavy atom. The van der Waals surface area contributed by atoms with E-state index in [9.17, 15) is 9.59 Å². The van der Waals surface area contributed by atoms with Crippen LogP contribution in [0.1, 0.15) is 12.0 Å². The number of nitrogens with one attached hydrogen (secondary N) is 1. The molecule has 1 N–H and O–H groups in total. The third kappa shape index (κ3) is 4.22. The van der Waals surface area contributed by atoms with Crippen LogP contribution in [0.4, 0.5) is 0 Å². The van der Waals surface area contributed by atoms with Crippen molar-refractivity contribution in [3.05, 3.63) is 58.4 Å². The maximum Gasteiger partial charge on any atom is 0.277 e. The lowest BCUT2D eigenvalue weighted by atomic mass is 10.2. The monoisotopic (exact) mass is 368 g/mol. The molecule has 0 bridgehead atoms. The quantitative estimate of drug-likeness (QED) is 0.679. The van der Waals surface area contributed by atoms with Crippen LogP contribution in [0.2, 0.25) is 0 Å². The predicted octanol–water partition coefficient (Wildman–Crippen LogP) is 1.52. The van der Waals surface area contributed by atoms with E-state index in [0.717, 1.165) is 5.56 Å². The van der Waals surface area contributed by atoms with Crippen LogP contribution in [-0.2, 0) is 17.9 Å². The van der Waals surface area contributed by atoms with E-state index in [1.54, 1.807) is 50.6 Å². The van der Waals surface area contributed by atoms with Gasteiger partial charge in [-0.3, -0.25) is 9.59 Å². The van der Waals surface area contributed by atoms with Gasteiger partial charge in [0, 0.05) is 13.0 Å². The van der Waals surface area contributed by atoms with Gasteiger partial charge in [-0.2, -0.15) is 0 Å². The second-order valence-electron chi connectivity index (χ2n) is 5.85. The highest BCUT2D eigenvalue weighted by atomic mass is 16.5. The molecule has 1 aromatic heterocycles. The van der Waals surface area contributed by atoms with Crippen molar-refractivity contribution in [3.63, 3.8) is 0 Å². The van der Waals surface area contributed by atoms with Crippen LogP contribution in [-0.4, -0.2) is 35.1 Å². The number of nitrogens with zero attached hydrogens (tertiary/aromatic N) is 3. The van der Waals surface area contributed by atoms with Gasteiger partial charge < -0.3 is 14.8 Å². The number of methoxy groups -OCH3 is 2. The van der Waals surface area contributed by atoms with Gasteiger partial charge in [-0.25, -0.2) is 4.68 Å². The summed E-state index contributed by atoms with van der Waals surface area (Å²) in [4.78, 5) is 24.5. The molecular weight excluding hydrogens is 348 g/mol. The molecule has 3 rings (SSSR count). The minimum absolute atomic E-state index is 0.125. The molecule has 3 aromatic rings. The zero-order chi connectivity index (χ0) is 19.2. The molecule has 0 unspecified atom stereocenters. The Morgan fingerprint density at radius 2 is 1.89 bits per heavy atom. The molecule has 0 saturated carbocycles. The Hall–Kier alpha value is -3.42. The first kappa shape index (κ1) is 18.4. The molecule has 1 amide bonds. The second-order valence-corrected chi connectivity index (χ2v) is 5.85. The van der Waals surface area contributed by atoms with E-state index in [1.807, 2.05) is 6.07 Å². The van der Waals surface area contributed by atoms with E-state index in [1.165, 1.54) is 4.68 Å². The molecule has 2 aromatic carbocycles. The fourth-order valence-corrected chi connectivity index (χ4v) is 2.66. The highest BCUT2D eigenvalue weighted by molar-refractivity contribution is 5.77. The second kappa shape index (κ2) is 8.31. The molecule has 0 saturated heterocycles. The maximum atomic E-state index is 12.4. The summed E-state index contributed by atoms with van der Waals surface area (Å²) >= 11 is 0. The van der Waals surface area contributed by atoms with Crippen molar-refractivity contribution in [2.75, 3.05) is 14.2 Å². The summed E-state index contributed by atoms with van der Waals surface area (Å²) < 4.78 is 11.6. The highest BCUT2D eigenvalue weighted by Gasteiger charge is 2.09. The lowest BCUT2D eigenvalue weighted by Crippen LogP contribution is -2.29. The van der Waals surface area contributed by atoms with E-state index in [-0.39, 0.29) is 24.4 Å². The standard InChI is InChI=1S/C19H20N4O4/c1-26-16-8-7-13(11-17(16)27-2)12-20-18(24)9-10-23-19(25)14-5-3-4-6-15(14)21-22-23/h3-8,11H,9-10,12H2,1-2H3,(H,20,24). The van der Waals surface area contributed by atoms with Crippen LogP contribution in [0.25, 0.3) is 10.9 Å². The Kier molecular flexibility index (Phi) is 5.65. The van der Waals surface area contributed by atoms with Crippen LogP contribution >= 0.6 is 0 Å². The van der Waals surface area contributed by atoms with Gasteiger partial charge >= 0.3 is 0 Å². The molecule has 8 nitrogen and oxygen atoms in total. The van der Waals surface area contributed by atoms with Gasteiger partial charge in [0.25, 0.3) is 5.56 Å². The van der Waals surface area contributed by atoms with Crippen molar-refractivity contribution in [2.24, 2.45) is 0 Å². The lowest BCUT2D eigenvalue weighted by Gasteiger charge is -2.10. The summed E-state index contributed by atoms with van der Waals surface area (Å²) in [6.07, 6.45) is 0.125. The van der Waals surface area contributed by atoms with Gasteiger partial charge in [0.2, 0.25) is 5.91 Å². The fraction of sp³-hybridized carbons (Fsp3) is 0.263. The van der Waals surface area contributed by atoms with Gasteiger partial charge in [0.05, 0.1) is 26.2 Å². The van der Waals surface area contributed by atoms with E-state index in [0.29, 0.717) is 28.9 Å². The largest absolute Gasteiger partial charge is 0.493 e. The van der Waals surface area contributed by atoms with E-state index < -0.39 is 0 Å². The first-order valence-electron chi connectivity index (χ1n) is 8.42. The number of rotatable bonds is 7. The molecule has 8 heteroatoms. The van der Waals surface area contributed by atoms with Gasteiger partial charge in [-0.15, -0.1) is 5.10 Å². The average molecular weight is 368 g/mol. The maximum absolute atomic E-state index is 12.4. The zero-order valence-corrected chi connectivity index (χ0v) is 15.1. The first-order chi connectivity index (χ1) is 13.1. The number of aryl methyl sites for hydroxylation is 1. The van der Waals surface area contributed by atoms with Crippen LogP contribution in [0, 0.1) is 0 Å². The van der Waals surface area contributed by atoms with Crippen molar-refractivity contribution < 1.29 is 14.3 Å². The smallest absolute Gasteiger partial charge is 0.277 e. The first-order valence-corrected chi connectivity index (χ1v) is 8.42. The molecule has 1 heterocycles. The van der Waals surface area contributed by atoms with E-state index >= 15 is 0 Å². The van der Waals surface area contributed by atoms with Crippen molar-refractivity contribution in [1.82, 2.24) is 20.3 Å². The molecule has 0 aliphatic carbocycles. The van der Waals surface area contributed by atoms with Crippen molar-refractivity contribution in [2.45, 2.75) is 19.5 Å². The molecule has 0 atom stereocenters. The van der Waals surface area contributed by atoms with Crippen LogP contribution < -0.4 is 20.3 Å². The Balaban J connectivity index is 1.59. The average Bonchev–Trinajstić information content (AvgIpc) is 2.71. The van der Waals surface area contributed by atoms with Crippen molar-refractivity contribution >= 4 is 16.8 Å². The number of hydrogen-bond acceptors (Lipinski definition) is 6. The molecule has 140 valence electrons. The number of amides is 1. The normalized spacial score (nSPS) is 10.6. The third-order valence-corrected chi connectivity index (χ3v) is 4.12. The molecular formula is C19H20N4O4. The number of fused-ring (bicyclic) bond motifs is 1. The van der Waals surface area contributed by atoms with Gasteiger partial charge in [-0.1, -0.05) is 23.4 Å². The van der Waals surface area contributed by atoms with Crippen LogP contribution in [0.5, 0.6) is 11.5 Å². The Morgan fingerprint density at radius 3 is 2.67 bits per heavy atom. The van der Waals surface area contributed by atoms with Crippen LogP contribution in [0.15, 0.2) is 47.3 Å². The molecule has 0 fully saturated rings. The number of benzene rings is 2. The van der Waals surface area contributed by atoms with Gasteiger partial charge in [0.1, 0.15) is 5.52 Å². The van der Waals surface area contributed by atoms with E-state index in [4.69, 9.17) is 9.47 Å². The minimum atomic E-state index is -0.256. The van der Waals surface area contributed by atoms with Crippen LogP contribution in [0.3, 0.4) is 0 Å². The Bertz CT molecular complexity index is 1020. The summed E-state index contributed by atoms with van der Waals surface area (Å²) in [5.41, 5.74) is 1.16. The topological polar surface area (TPSA) is 95.3 Å². The number of hydrogen-bond donors (Lipinski definition) is 1. The number of carbonyl (C=O) groups is 1. The molecule has 27 heavy (non-hydrogen) atoms. The Labute approximate surface area is 155 Å². The number of carbonyl (C=O) groups excluding carboxylic acids is 1. The van der Waals surface area contributed by atoms with Crippen molar-refractivity contribution in [3.8, 4) is 11.5 Å². The summed E-state index contributed by atoms with van der Waals surface area (Å²) in [5.74, 6) is 1.04. The summed E-state index contributed by atoms with van der Waals surface area (Å²) in [6, 6.07) is 12.4. The predicted molar refractivity (Wildman–Crippen MR) is 99.8 cm³/mol. The number of aromatic nitrogens is 3. The molecule has 0 radical (unpaired) electrons. The zero-order valence-electron chi connectivity index (χ0n) is 15.1. The summed E-state index contributed by atoms with van der Waals surface area (Å²) in [5, 5.41) is 11.2. The molecule has 0 aliphatic heterocycles. The SMILES string of the molecule is COc1ccc(CNC(=O)CCn2nnc3ccccc3c2=O)cc1OC. The minimum Gasteiger partial charge on any atom is -0.493 e. The molecule has 0 aliphatic rings. The lowest BCUT2D eigenvalue weighted by molar-refractivity contribution is -0.121. The van der Waals surface area contributed by atoms with E-state index in [2.05, 4.69) is 15.6 Å². The molecule has 0 spiro atoms. The number of ether oxygens (including phenoxy) is 2. The van der Waals surface area contributed by atoms with Crippen molar-refractivity contribution in [1.29, 1.82) is 0 Å². The van der Waals surface area contributed by atoms with Gasteiger partial charge in [0.15, 0.2) is 11.5 Å².